The number of hydrazone groups is 1. The molecule has 170 valence electrons. The van der Waals surface area contributed by atoms with Crippen molar-refractivity contribution in [2.45, 2.75) is 38.3 Å². The summed E-state index contributed by atoms with van der Waals surface area (Å²) in [6, 6.07) is 15.7. The van der Waals surface area contributed by atoms with Gasteiger partial charge in [-0.05, 0) is 54.6 Å². The molecule has 2 bridgehead atoms. The van der Waals surface area contributed by atoms with Crippen LogP contribution in [0.3, 0.4) is 0 Å². The first-order valence-electron chi connectivity index (χ1n) is 11.0. The lowest BCUT2D eigenvalue weighted by Crippen LogP contribution is -2.51. The number of aryl methyl sites for hydroxylation is 1. The van der Waals surface area contributed by atoms with Gasteiger partial charge in [0.05, 0.1) is 5.69 Å². The lowest BCUT2D eigenvalue weighted by molar-refractivity contribution is 0.0956. The molecule has 9 heteroatoms. The second-order valence-electron chi connectivity index (χ2n) is 8.47. The summed E-state index contributed by atoms with van der Waals surface area (Å²) in [6.07, 6.45) is 3.00. The predicted octanol–water partition coefficient (Wildman–Crippen LogP) is 5.74. The predicted molar refractivity (Wildman–Crippen MR) is 132 cm³/mol. The van der Waals surface area contributed by atoms with Crippen molar-refractivity contribution >= 4 is 46.4 Å². The van der Waals surface area contributed by atoms with Crippen molar-refractivity contribution in [1.82, 2.24) is 20.3 Å². The molecule has 2 aliphatic rings. The Bertz CT molecular complexity index is 1150. The van der Waals surface area contributed by atoms with Gasteiger partial charge in [0.25, 0.3) is 5.91 Å². The van der Waals surface area contributed by atoms with Gasteiger partial charge in [-0.15, -0.1) is 5.10 Å². The number of nitrogens with zero attached hydrogens (tertiary/aromatic N) is 3. The lowest BCUT2D eigenvalue weighted by atomic mass is 9.67. The van der Waals surface area contributed by atoms with Gasteiger partial charge in [0.15, 0.2) is 0 Å². The van der Waals surface area contributed by atoms with E-state index in [0.29, 0.717) is 20.6 Å². The third-order valence-electron chi connectivity index (χ3n) is 6.58. The second kappa shape index (κ2) is 9.50. The minimum absolute atomic E-state index is 0.0426. The molecule has 0 radical (unpaired) electrons. The summed E-state index contributed by atoms with van der Waals surface area (Å²) in [5.41, 5.74) is 6.43. The smallest absolute Gasteiger partial charge is 0.285 e. The first-order valence-corrected chi connectivity index (χ1v) is 12.5. The Morgan fingerprint density at radius 3 is 2.12 bits per heavy atom. The van der Waals surface area contributed by atoms with E-state index in [0.717, 1.165) is 47.6 Å². The van der Waals surface area contributed by atoms with Crippen LogP contribution in [0.25, 0.3) is 0 Å². The molecule has 4 unspecified atom stereocenters. The number of aromatic nitrogens is 2. The SMILES string of the molecule is Cc1nnsc1C(=O)NN=C1C2CCCC1C(c1ccccc1Cl)NC2c1ccccc1Cl. The van der Waals surface area contributed by atoms with Gasteiger partial charge < -0.3 is 5.32 Å². The van der Waals surface area contributed by atoms with Gasteiger partial charge in [0.1, 0.15) is 4.88 Å². The largest absolute Gasteiger partial charge is 0.302 e. The van der Waals surface area contributed by atoms with E-state index in [-0.39, 0.29) is 29.8 Å². The van der Waals surface area contributed by atoms with Gasteiger partial charge >= 0.3 is 0 Å². The standard InChI is InChI=1S/C24H23Cl2N5OS/c1-13-23(33-31-28-13)24(32)30-29-22-16-9-6-10-17(22)21(15-8-3-5-12-19(15)26)27-20(16)14-7-2-4-11-18(14)25/h2-5,7-8,11-12,16-17,20-21,27H,6,9-10H2,1H3,(H,30,32). The average molecular weight is 500 g/mol. The third-order valence-corrected chi connectivity index (χ3v) is 8.09. The van der Waals surface area contributed by atoms with E-state index < -0.39 is 0 Å². The van der Waals surface area contributed by atoms with Crippen LogP contribution < -0.4 is 10.7 Å². The molecule has 0 spiro atoms. The van der Waals surface area contributed by atoms with Gasteiger partial charge in [-0.25, -0.2) is 5.43 Å². The van der Waals surface area contributed by atoms with Gasteiger partial charge in [0, 0.05) is 39.7 Å². The summed E-state index contributed by atoms with van der Waals surface area (Å²) in [5, 5.41) is 13.9. The lowest BCUT2D eigenvalue weighted by Gasteiger charge is -2.47. The highest BCUT2D eigenvalue weighted by molar-refractivity contribution is 7.08. The van der Waals surface area contributed by atoms with Crippen molar-refractivity contribution in [1.29, 1.82) is 0 Å². The summed E-state index contributed by atoms with van der Waals surface area (Å²) in [6.45, 7) is 1.77. The maximum absolute atomic E-state index is 12.8. The van der Waals surface area contributed by atoms with Crippen LogP contribution in [0.4, 0.5) is 0 Å². The summed E-state index contributed by atoms with van der Waals surface area (Å²) < 4.78 is 3.86. The van der Waals surface area contributed by atoms with Crippen LogP contribution in [0.15, 0.2) is 53.6 Å². The van der Waals surface area contributed by atoms with Crippen LogP contribution in [0.5, 0.6) is 0 Å². The number of amides is 1. The Hall–Kier alpha value is -2.32. The van der Waals surface area contributed by atoms with Gasteiger partial charge in [-0.1, -0.05) is 70.5 Å². The minimum atomic E-state index is -0.282. The molecule has 1 saturated heterocycles. The summed E-state index contributed by atoms with van der Waals surface area (Å²) in [7, 11) is 0. The van der Waals surface area contributed by atoms with Crippen LogP contribution >= 0.6 is 34.7 Å². The molecular weight excluding hydrogens is 477 g/mol. The van der Waals surface area contributed by atoms with Gasteiger partial charge in [0.2, 0.25) is 0 Å². The Kier molecular flexibility index (Phi) is 6.47. The first-order chi connectivity index (χ1) is 16.0. The molecule has 2 aromatic carbocycles. The van der Waals surface area contributed by atoms with E-state index in [2.05, 4.69) is 32.5 Å². The van der Waals surface area contributed by atoms with Gasteiger partial charge in [-0.3, -0.25) is 4.79 Å². The second-order valence-corrected chi connectivity index (χ2v) is 10.0. The highest BCUT2D eigenvalue weighted by atomic mass is 35.5. The van der Waals surface area contributed by atoms with E-state index in [1.807, 2.05) is 36.4 Å². The van der Waals surface area contributed by atoms with Crippen molar-refractivity contribution < 1.29 is 4.79 Å². The zero-order chi connectivity index (χ0) is 22.9. The normalized spacial score (nSPS) is 24.4. The van der Waals surface area contributed by atoms with Crippen LogP contribution in [0.2, 0.25) is 10.0 Å². The number of hydrogen-bond donors (Lipinski definition) is 2. The number of carbonyl (C=O) groups is 1. The number of piperidine rings is 1. The molecule has 1 amide bonds. The number of benzene rings is 2. The molecule has 1 aromatic heterocycles. The van der Waals surface area contributed by atoms with Crippen molar-refractivity contribution in [3.63, 3.8) is 0 Å². The van der Waals surface area contributed by atoms with Gasteiger partial charge in [-0.2, -0.15) is 5.10 Å². The minimum Gasteiger partial charge on any atom is -0.302 e. The molecule has 3 aromatic rings. The highest BCUT2D eigenvalue weighted by Gasteiger charge is 2.46. The molecule has 33 heavy (non-hydrogen) atoms. The quantitative estimate of drug-likeness (QED) is 0.448. The molecule has 1 aliphatic heterocycles. The zero-order valence-electron chi connectivity index (χ0n) is 18.0. The van der Waals surface area contributed by atoms with E-state index >= 15 is 0 Å². The Labute approximate surface area is 206 Å². The topological polar surface area (TPSA) is 79.3 Å². The van der Waals surface area contributed by atoms with Crippen LogP contribution in [-0.2, 0) is 0 Å². The Morgan fingerprint density at radius 1 is 1.03 bits per heavy atom. The van der Waals surface area contributed by atoms with Crippen LogP contribution in [0, 0.1) is 18.8 Å². The monoisotopic (exact) mass is 499 g/mol. The van der Waals surface area contributed by atoms with Crippen LogP contribution in [0.1, 0.15) is 57.8 Å². The van der Waals surface area contributed by atoms with Crippen molar-refractivity contribution in [3.05, 3.63) is 80.3 Å². The van der Waals surface area contributed by atoms with E-state index in [4.69, 9.17) is 28.3 Å². The van der Waals surface area contributed by atoms with Crippen molar-refractivity contribution in [2.24, 2.45) is 16.9 Å². The summed E-state index contributed by atoms with van der Waals surface area (Å²) >= 11 is 14.3. The molecule has 1 saturated carbocycles. The molecule has 2 fully saturated rings. The number of fused-ring (bicyclic) bond motifs is 2. The molecule has 1 aliphatic carbocycles. The molecule has 2 N–H and O–H groups in total. The maximum atomic E-state index is 12.8. The van der Waals surface area contributed by atoms with Crippen molar-refractivity contribution in [3.8, 4) is 0 Å². The molecule has 6 nitrogen and oxygen atoms in total. The average Bonchev–Trinajstić information content (AvgIpc) is 3.25. The number of carbonyl (C=O) groups excluding carboxylic acids is 1. The van der Waals surface area contributed by atoms with E-state index in [9.17, 15) is 4.79 Å². The number of hydrogen-bond acceptors (Lipinski definition) is 6. The molecule has 5 rings (SSSR count). The number of rotatable bonds is 4. The third kappa shape index (κ3) is 4.30. The first kappa shape index (κ1) is 22.5. The summed E-state index contributed by atoms with van der Waals surface area (Å²) in [5.74, 6) is -0.0538. The van der Waals surface area contributed by atoms with Crippen LogP contribution in [-0.4, -0.2) is 21.2 Å². The van der Waals surface area contributed by atoms with Crippen molar-refractivity contribution in [2.75, 3.05) is 0 Å². The van der Waals surface area contributed by atoms with E-state index in [1.54, 1.807) is 6.92 Å². The fourth-order valence-electron chi connectivity index (χ4n) is 5.07. The fraction of sp³-hybridized carbons (Fsp3) is 0.333. The molecular formula is C24H23Cl2N5OS. The maximum Gasteiger partial charge on any atom is 0.285 e. The highest BCUT2D eigenvalue weighted by Crippen LogP contribution is 2.48. The number of halogens is 2. The molecule has 2 heterocycles. The summed E-state index contributed by atoms with van der Waals surface area (Å²) in [4.78, 5) is 13.2. The van der Waals surface area contributed by atoms with E-state index in [1.165, 1.54) is 0 Å². The zero-order valence-corrected chi connectivity index (χ0v) is 20.3. The number of nitrogens with one attached hydrogen (secondary N) is 2. The molecule has 4 atom stereocenters. The fourth-order valence-corrected chi connectivity index (χ4v) is 6.12. The Balaban J connectivity index is 1.56. The Morgan fingerprint density at radius 2 is 1.61 bits per heavy atom.